The zero-order valence-corrected chi connectivity index (χ0v) is 15.4. The lowest BCUT2D eigenvalue weighted by Crippen LogP contribution is -2.14. The van der Waals surface area contributed by atoms with Crippen molar-refractivity contribution in [2.24, 2.45) is 0 Å². The summed E-state index contributed by atoms with van der Waals surface area (Å²) in [6.45, 7) is 4.56. The van der Waals surface area contributed by atoms with Crippen LogP contribution in [-0.4, -0.2) is 26.6 Å². The highest BCUT2D eigenvalue weighted by Crippen LogP contribution is 2.31. The van der Waals surface area contributed by atoms with Crippen LogP contribution in [-0.2, 0) is 10.0 Å². The van der Waals surface area contributed by atoms with Crippen LogP contribution in [0.3, 0.4) is 0 Å². The first kappa shape index (κ1) is 18.0. The van der Waals surface area contributed by atoms with E-state index in [1.807, 2.05) is 26.0 Å². The molecule has 26 heavy (non-hydrogen) atoms. The topological polar surface area (TPSA) is 77.5 Å². The summed E-state index contributed by atoms with van der Waals surface area (Å²) in [5.74, 6) is 0.911. The second-order valence-corrected chi connectivity index (χ2v) is 7.14. The molecule has 1 N–H and O–H groups in total. The fourth-order valence-electron chi connectivity index (χ4n) is 2.59. The Balaban J connectivity index is 1.98. The minimum atomic E-state index is -3.80. The fraction of sp³-hybridized carbons (Fsp3) is 0.211. The van der Waals surface area contributed by atoms with Crippen LogP contribution in [0.1, 0.15) is 13.8 Å². The molecular weight excluding hydrogens is 352 g/mol. The summed E-state index contributed by atoms with van der Waals surface area (Å²) in [7, 11) is -3.80. The predicted molar refractivity (Wildman–Crippen MR) is 101 cm³/mol. The molecule has 0 radical (unpaired) electrons. The van der Waals surface area contributed by atoms with Gasteiger partial charge in [0.15, 0.2) is 11.5 Å². The van der Waals surface area contributed by atoms with Crippen molar-refractivity contribution in [2.45, 2.75) is 18.7 Å². The Morgan fingerprint density at radius 3 is 2.46 bits per heavy atom. The summed E-state index contributed by atoms with van der Waals surface area (Å²) >= 11 is 0. The first-order valence-corrected chi connectivity index (χ1v) is 9.79. The van der Waals surface area contributed by atoms with Gasteiger partial charge in [0.25, 0.3) is 10.0 Å². The lowest BCUT2D eigenvalue weighted by Gasteiger charge is -2.14. The number of para-hydroxylation sites is 1. The molecule has 7 heteroatoms. The molecule has 0 aliphatic carbocycles. The van der Waals surface area contributed by atoms with E-state index in [4.69, 9.17) is 9.47 Å². The lowest BCUT2D eigenvalue weighted by atomic mass is 10.2. The third-order valence-electron chi connectivity index (χ3n) is 3.70. The van der Waals surface area contributed by atoms with Crippen LogP contribution in [0.15, 0.2) is 59.6 Å². The summed E-state index contributed by atoms with van der Waals surface area (Å²) < 4.78 is 39.3. The molecule has 1 heterocycles. The third kappa shape index (κ3) is 3.72. The van der Waals surface area contributed by atoms with Crippen molar-refractivity contribution in [2.75, 3.05) is 17.9 Å². The van der Waals surface area contributed by atoms with E-state index in [0.29, 0.717) is 35.9 Å². The average Bonchev–Trinajstić information content (AvgIpc) is 2.63. The summed E-state index contributed by atoms with van der Waals surface area (Å²) in [6, 6.07) is 13.6. The number of aromatic nitrogens is 1. The molecule has 6 nitrogen and oxygen atoms in total. The van der Waals surface area contributed by atoms with Gasteiger partial charge in [0, 0.05) is 17.6 Å². The Morgan fingerprint density at radius 1 is 0.962 bits per heavy atom. The molecule has 0 aliphatic rings. The first-order valence-electron chi connectivity index (χ1n) is 8.31. The van der Waals surface area contributed by atoms with Gasteiger partial charge in [-0.3, -0.25) is 9.71 Å². The van der Waals surface area contributed by atoms with E-state index in [-0.39, 0.29) is 4.90 Å². The minimum absolute atomic E-state index is 0.0948. The molecule has 3 aromatic rings. The number of hydrogen-bond acceptors (Lipinski definition) is 5. The molecule has 0 fully saturated rings. The number of rotatable bonds is 7. The Labute approximate surface area is 152 Å². The van der Waals surface area contributed by atoms with Gasteiger partial charge in [-0.1, -0.05) is 18.2 Å². The number of ether oxygens (including phenoxy) is 2. The predicted octanol–water partition coefficient (Wildman–Crippen LogP) is 3.83. The fourth-order valence-corrected chi connectivity index (χ4v) is 3.67. The summed E-state index contributed by atoms with van der Waals surface area (Å²) in [4.78, 5) is 4.37. The number of nitrogens with one attached hydrogen (secondary N) is 1. The number of fused-ring (bicyclic) bond motifs is 1. The SMILES string of the molecule is CCOc1ccc(S(=O)(=O)Nc2cccc3cccnc23)cc1OCC. The van der Waals surface area contributed by atoms with Crippen molar-refractivity contribution in [1.82, 2.24) is 4.98 Å². The molecular formula is C19H20N2O4S. The average molecular weight is 372 g/mol. The highest BCUT2D eigenvalue weighted by atomic mass is 32.2. The van der Waals surface area contributed by atoms with Crippen LogP contribution >= 0.6 is 0 Å². The molecule has 0 saturated carbocycles. The second-order valence-electron chi connectivity index (χ2n) is 5.46. The summed E-state index contributed by atoms with van der Waals surface area (Å²) in [5, 5.41) is 0.856. The van der Waals surface area contributed by atoms with E-state index in [0.717, 1.165) is 5.39 Å². The van der Waals surface area contributed by atoms with Gasteiger partial charge in [-0.15, -0.1) is 0 Å². The van der Waals surface area contributed by atoms with Crippen LogP contribution in [0.5, 0.6) is 11.5 Å². The number of pyridine rings is 1. The smallest absolute Gasteiger partial charge is 0.262 e. The van der Waals surface area contributed by atoms with Crippen LogP contribution in [0.2, 0.25) is 0 Å². The van der Waals surface area contributed by atoms with Gasteiger partial charge in [0.1, 0.15) is 0 Å². The third-order valence-corrected chi connectivity index (χ3v) is 5.07. The number of anilines is 1. The zero-order chi connectivity index (χ0) is 18.6. The molecule has 1 aromatic heterocycles. The molecule has 0 saturated heterocycles. The van der Waals surface area contributed by atoms with E-state index < -0.39 is 10.0 Å². The van der Waals surface area contributed by atoms with Crippen molar-refractivity contribution >= 4 is 26.6 Å². The van der Waals surface area contributed by atoms with Crippen LogP contribution in [0.4, 0.5) is 5.69 Å². The van der Waals surface area contributed by atoms with E-state index in [1.165, 1.54) is 12.1 Å². The molecule has 0 spiro atoms. The minimum Gasteiger partial charge on any atom is -0.490 e. The van der Waals surface area contributed by atoms with Gasteiger partial charge in [-0.05, 0) is 38.1 Å². The van der Waals surface area contributed by atoms with Crippen molar-refractivity contribution < 1.29 is 17.9 Å². The summed E-state index contributed by atoms with van der Waals surface area (Å²) in [6.07, 6.45) is 1.63. The normalized spacial score (nSPS) is 11.3. The molecule has 136 valence electrons. The van der Waals surface area contributed by atoms with Crippen LogP contribution in [0.25, 0.3) is 10.9 Å². The Morgan fingerprint density at radius 2 is 1.69 bits per heavy atom. The molecule has 2 aromatic carbocycles. The molecule has 0 unspecified atom stereocenters. The molecule has 0 amide bonds. The zero-order valence-electron chi connectivity index (χ0n) is 14.6. The highest BCUT2D eigenvalue weighted by Gasteiger charge is 2.19. The number of nitrogens with zero attached hydrogens (tertiary/aromatic N) is 1. The van der Waals surface area contributed by atoms with Crippen molar-refractivity contribution in [3.63, 3.8) is 0 Å². The molecule has 0 aliphatic heterocycles. The van der Waals surface area contributed by atoms with E-state index in [2.05, 4.69) is 9.71 Å². The Bertz CT molecular complexity index is 1010. The monoisotopic (exact) mass is 372 g/mol. The maximum atomic E-state index is 12.8. The number of sulfonamides is 1. The van der Waals surface area contributed by atoms with Gasteiger partial charge in [0.05, 0.1) is 29.3 Å². The largest absolute Gasteiger partial charge is 0.490 e. The van der Waals surface area contributed by atoms with Crippen molar-refractivity contribution in [3.05, 3.63) is 54.7 Å². The van der Waals surface area contributed by atoms with Crippen LogP contribution < -0.4 is 14.2 Å². The standard InChI is InChI=1S/C19H20N2O4S/c1-3-24-17-11-10-15(13-18(17)25-4-2)26(22,23)21-16-9-5-7-14-8-6-12-20-19(14)16/h5-13,21H,3-4H2,1-2H3. The van der Waals surface area contributed by atoms with Crippen molar-refractivity contribution in [3.8, 4) is 11.5 Å². The number of benzene rings is 2. The van der Waals surface area contributed by atoms with Gasteiger partial charge in [-0.2, -0.15) is 0 Å². The van der Waals surface area contributed by atoms with Gasteiger partial charge < -0.3 is 9.47 Å². The highest BCUT2D eigenvalue weighted by molar-refractivity contribution is 7.92. The van der Waals surface area contributed by atoms with Gasteiger partial charge >= 0.3 is 0 Å². The number of hydrogen-bond donors (Lipinski definition) is 1. The van der Waals surface area contributed by atoms with E-state index in [1.54, 1.807) is 30.5 Å². The first-order chi connectivity index (χ1) is 12.5. The van der Waals surface area contributed by atoms with Gasteiger partial charge in [-0.25, -0.2) is 8.42 Å². The maximum absolute atomic E-state index is 12.8. The van der Waals surface area contributed by atoms with E-state index in [9.17, 15) is 8.42 Å². The summed E-state index contributed by atoms with van der Waals surface area (Å²) in [5.41, 5.74) is 1.02. The molecule has 0 atom stereocenters. The Hall–Kier alpha value is -2.80. The van der Waals surface area contributed by atoms with Gasteiger partial charge in [0.2, 0.25) is 0 Å². The maximum Gasteiger partial charge on any atom is 0.262 e. The lowest BCUT2D eigenvalue weighted by molar-refractivity contribution is 0.287. The van der Waals surface area contributed by atoms with E-state index >= 15 is 0 Å². The van der Waals surface area contributed by atoms with Crippen LogP contribution in [0, 0.1) is 0 Å². The second kappa shape index (κ2) is 7.61. The molecule has 0 bridgehead atoms. The quantitative estimate of drug-likeness (QED) is 0.682. The Kier molecular flexibility index (Phi) is 5.27. The molecule has 3 rings (SSSR count). The van der Waals surface area contributed by atoms with Crippen molar-refractivity contribution in [1.29, 1.82) is 0 Å².